The Bertz CT molecular complexity index is 857. The van der Waals surface area contributed by atoms with Crippen LogP contribution in [0.3, 0.4) is 0 Å². The lowest BCUT2D eigenvalue weighted by Crippen LogP contribution is -2.36. The Kier molecular flexibility index (Phi) is 5.25. The number of rotatable bonds is 6. The Morgan fingerprint density at radius 2 is 1.84 bits per heavy atom. The summed E-state index contributed by atoms with van der Waals surface area (Å²) in [5, 5.41) is 5.22. The summed E-state index contributed by atoms with van der Waals surface area (Å²) < 4.78 is 18.1. The maximum Gasteiger partial charge on any atom is 0.261 e. The first kappa shape index (κ1) is 16.9. The number of benzene rings is 1. The molecule has 0 bridgehead atoms. The molecule has 0 aliphatic heterocycles. The number of furan rings is 1. The van der Waals surface area contributed by atoms with Crippen LogP contribution in [0.4, 0.5) is 4.39 Å². The predicted octanol–water partition coefficient (Wildman–Crippen LogP) is 3.19. The molecule has 128 valence electrons. The molecule has 1 aromatic carbocycles. The van der Waals surface area contributed by atoms with Crippen LogP contribution in [0.15, 0.2) is 59.2 Å². The standard InChI is InChI=1S/C18H15FN2O3S/c19-13-5-3-12(4-6-13)15-7-8-16(25-15)18(23)21-11-17(22)20-10-14-2-1-9-24-14/h1-9H,10-11H2,(H,20,22)(H,21,23). The van der Waals surface area contributed by atoms with Gasteiger partial charge in [-0.05, 0) is 42.0 Å². The Labute approximate surface area is 147 Å². The van der Waals surface area contributed by atoms with Gasteiger partial charge in [0.1, 0.15) is 11.6 Å². The van der Waals surface area contributed by atoms with Crippen LogP contribution in [0.2, 0.25) is 0 Å². The fraction of sp³-hybridized carbons (Fsp3) is 0.111. The molecule has 5 nitrogen and oxygen atoms in total. The van der Waals surface area contributed by atoms with Crippen molar-refractivity contribution in [2.24, 2.45) is 0 Å². The van der Waals surface area contributed by atoms with Crippen LogP contribution in [0.1, 0.15) is 15.4 Å². The number of nitrogens with one attached hydrogen (secondary N) is 2. The highest BCUT2D eigenvalue weighted by Gasteiger charge is 2.12. The van der Waals surface area contributed by atoms with Gasteiger partial charge in [-0.2, -0.15) is 0 Å². The molecule has 7 heteroatoms. The van der Waals surface area contributed by atoms with Gasteiger partial charge in [0.2, 0.25) is 5.91 Å². The monoisotopic (exact) mass is 358 g/mol. The molecule has 2 N–H and O–H groups in total. The summed E-state index contributed by atoms with van der Waals surface area (Å²) in [6.07, 6.45) is 1.53. The molecule has 2 amide bonds. The highest BCUT2D eigenvalue weighted by atomic mass is 32.1. The lowest BCUT2D eigenvalue weighted by Gasteiger charge is -2.04. The third-order valence-electron chi connectivity index (χ3n) is 3.41. The third-order valence-corrected chi connectivity index (χ3v) is 4.54. The van der Waals surface area contributed by atoms with E-state index in [1.807, 2.05) is 0 Å². The zero-order valence-corrected chi connectivity index (χ0v) is 13.9. The zero-order chi connectivity index (χ0) is 17.6. The minimum Gasteiger partial charge on any atom is -0.467 e. The molecule has 2 heterocycles. The molecule has 0 aliphatic carbocycles. The normalized spacial score (nSPS) is 10.4. The van der Waals surface area contributed by atoms with Gasteiger partial charge in [0, 0.05) is 4.88 Å². The lowest BCUT2D eigenvalue weighted by molar-refractivity contribution is -0.120. The fourth-order valence-corrected chi connectivity index (χ4v) is 3.07. The molecule has 0 saturated heterocycles. The summed E-state index contributed by atoms with van der Waals surface area (Å²) in [5.41, 5.74) is 0.835. The number of hydrogen-bond acceptors (Lipinski definition) is 4. The van der Waals surface area contributed by atoms with E-state index in [2.05, 4.69) is 10.6 Å². The van der Waals surface area contributed by atoms with Crippen LogP contribution < -0.4 is 10.6 Å². The SMILES string of the molecule is O=C(CNC(=O)c1ccc(-c2ccc(F)cc2)s1)NCc1ccco1. The molecule has 0 unspecified atom stereocenters. The van der Waals surface area contributed by atoms with Gasteiger partial charge in [-0.25, -0.2) is 4.39 Å². The van der Waals surface area contributed by atoms with Crippen molar-refractivity contribution in [1.82, 2.24) is 10.6 Å². The Morgan fingerprint density at radius 3 is 2.56 bits per heavy atom. The molecule has 0 saturated carbocycles. The predicted molar refractivity (Wildman–Crippen MR) is 92.6 cm³/mol. The molecule has 2 aromatic heterocycles. The highest BCUT2D eigenvalue weighted by molar-refractivity contribution is 7.17. The van der Waals surface area contributed by atoms with Crippen molar-refractivity contribution in [1.29, 1.82) is 0 Å². The molecule has 0 aliphatic rings. The minimum absolute atomic E-state index is 0.122. The van der Waals surface area contributed by atoms with Crippen LogP contribution in [-0.4, -0.2) is 18.4 Å². The molecule has 0 radical (unpaired) electrons. The van der Waals surface area contributed by atoms with Crippen molar-refractivity contribution in [2.75, 3.05) is 6.54 Å². The number of carbonyl (C=O) groups excluding carboxylic acids is 2. The number of thiophene rings is 1. The number of hydrogen-bond donors (Lipinski definition) is 2. The quantitative estimate of drug-likeness (QED) is 0.711. The second kappa shape index (κ2) is 7.76. The summed E-state index contributed by atoms with van der Waals surface area (Å²) >= 11 is 1.28. The van der Waals surface area contributed by atoms with E-state index in [0.29, 0.717) is 10.6 Å². The molecular formula is C18H15FN2O3S. The van der Waals surface area contributed by atoms with Crippen molar-refractivity contribution in [2.45, 2.75) is 6.54 Å². The van der Waals surface area contributed by atoms with Crippen molar-refractivity contribution in [3.63, 3.8) is 0 Å². The van der Waals surface area contributed by atoms with Gasteiger partial charge in [-0.15, -0.1) is 11.3 Å². The molecule has 0 fully saturated rings. The number of amides is 2. The first-order valence-corrected chi connectivity index (χ1v) is 8.36. The lowest BCUT2D eigenvalue weighted by atomic mass is 10.2. The van der Waals surface area contributed by atoms with Gasteiger partial charge in [0.15, 0.2) is 0 Å². The average molecular weight is 358 g/mol. The van der Waals surface area contributed by atoms with Crippen LogP contribution in [0.5, 0.6) is 0 Å². The van der Waals surface area contributed by atoms with Crippen molar-refractivity contribution in [3.05, 3.63) is 71.2 Å². The smallest absolute Gasteiger partial charge is 0.261 e. The van der Waals surface area contributed by atoms with E-state index >= 15 is 0 Å². The van der Waals surface area contributed by atoms with Crippen LogP contribution >= 0.6 is 11.3 Å². The van der Waals surface area contributed by atoms with E-state index in [1.54, 1.807) is 36.4 Å². The van der Waals surface area contributed by atoms with Gasteiger partial charge >= 0.3 is 0 Å². The first-order valence-electron chi connectivity index (χ1n) is 7.55. The van der Waals surface area contributed by atoms with Crippen molar-refractivity contribution >= 4 is 23.2 Å². The fourth-order valence-electron chi connectivity index (χ4n) is 2.14. The van der Waals surface area contributed by atoms with E-state index in [1.165, 1.54) is 29.7 Å². The van der Waals surface area contributed by atoms with E-state index in [9.17, 15) is 14.0 Å². The van der Waals surface area contributed by atoms with Gasteiger partial charge in [0.05, 0.1) is 24.2 Å². The largest absolute Gasteiger partial charge is 0.467 e. The summed E-state index contributed by atoms with van der Waals surface area (Å²) in [6, 6.07) is 13.0. The number of carbonyl (C=O) groups is 2. The average Bonchev–Trinajstić information content (AvgIpc) is 3.30. The summed E-state index contributed by atoms with van der Waals surface area (Å²) in [4.78, 5) is 25.2. The zero-order valence-electron chi connectivity index (χ0n) is 13.1. The molecule has 3 rings (SSSR count). The topological polar surface area (TPSA) is 71.3 Å². The summed E-state index contributed by atoms with van der Waals surface area (Å²) in [6.45, 7) is 0.152. The number of halogens is 1. The van der Waals surface area contributed by atoms with E-state index < -0.39 is 0 Å². The maximum atomic E-state index is 13.0. The molecule has 25 heavy (non-hydrogen) atoms. The van der Waals surface area contributed by atoms with Gasteiger partial charge < -0.3 is 15.1 Å². The molecule has 3 aromatic rings. The first-order chi connectivity index (χ1) is 12.1. The van der Waals surface area contributed by atoms with Crippen molar-refractivity contribution in [3.8, 4) is 10.4 Å². The molecular weight excluding hydrogens is 343 g/mol. The maximum absolute atomic E-state index is 13.0. The summed E-state index contributed by atoms with van der Waals surface area (Å²) in [7, 11) is 0. The Morgan fingerprint density at radius 1 is 1.04 bits per heavy atom. The van der Waals surface area contributed by atoms with Crippen LogP contribution in [-0.2, 0) is 11.3 Å². The van der Waals surface area contributed by atoms with E-state index in [-0.39, 0.29) is 30.7 Å². The second-order valence-corrected chi connectivity index (χ2v) is 6.29. The summed E-state index contributed by atoms with van der Waals surface area (Å²) in [5.74, 6) is -0.299. The Hall–Kier alpha value is -2.93. The van der Waals surface area contributed by atoms with Gasteiger partial charge in [-0.3, -0.25) is 9.59 Å². The van der Waals surface area contributed by atoms with Crippen LogP contribution in [0.25, 0.3) is 10.4 Å². The molecule has 0 atom stereocenters. The van der Waals surface area contributed by atoms with Gasteiger partial charge in [0.25, 0.3) is 5.91 Å². The van der Waals surface area contributed by atoms with Crippen LogP contribution in [0, 0.1) is 5.82 Å². The van der Waals surface area contributed by atoms with E-state index in [4.69, 9.17) is 4.42 Å². The molecule has 0 spiro atoms. The van der Waals surface area contributed by atoms with Crippen molar-refractivity contribution < 1.29 is 18.4 Å². The Balaban J connectivity index is 1.51. The van der Waals surface area contributed by atoms with E-state index in [0.717, 1.165) is 10.4 Å². The van der Waals surface area contributed by atoms with Gasteiger partial charge in [-0.1, -0.05) is 12.1 Å². The third kappa shape index (κ3) is 4.54. The second-order valence-electron chi connectivity index (χ2n) is 5.21. The highest BCUT2D eigenvalue weighted by Crippen LogP contribution is 2.28. The minimum atomic E-state index is -0.327.